The van der Waals surface area contributed by atoms with Crippen LogP contribution in [0, 0.1) is 5.82 Å². The molecule has 0 radical (unpaired) electrons. The van der Waals surface area contributed by atoms with Crippen LogP contribution < -0.4 is 5.32 Å². The third-order valence-electron chi connectivity index (χ3n) is 4.41. The molecule has 1 aliphatic rings. The van der Waals surface area contributed by atoms with Crippen molar-refractivity contribution >= 4 is 11.5 Å². The number of aromatic nitrogens is 2. The molecule has 0 bridgehead atoms. The fourth-order valence-corrected chi connectivity index (χ4v) is 3.01. The molecule has 7 heteroatoms. The van der Waals surface area contributed by atoms with Crippen LogP contribution in [0.3, 0.4) is 0 Å². The monoisotopic (exact) mass is 365 g/mol. The van der Waals surface area contributed by atoms with Crippen molar-refractivity contribution in [3.63, 3.8) is 0 Å². The second kappa shape index (κ2) is 7.13. The first kappa shape index (κ1) is 17.1. The summed E-state index contributed by atoms with van der Waals surface area (Å²) in [6.07, 6.45) is 2.81. The van der Waals surface area contributed by atoms with Crippen LogP contribution >= 0.6 is 0 Å². The van der Waals surface area contributed by atoms with Crippen molar-refractivity contribution in [3.8, 4) is 0 Å². The van der Waals surface area contributed by atoms with E-state index in [-0.39, 0.29) is 11.5 Å². The minimum Gasteiger partial charge on any atom is -0.394 e. The molecule has 1 aromatic heterocycles. The van der Waals surface area contributed by atoms with Crippen LogP contribution in [-0.2, 0) is 6.42 Å². The molecule has 4 rings (SSSR count). The van der Waals surface area contributed by atoms with E-state index in [0.29, 0.717) is 5.82 Å². The zero-order valence-corrected chi connectivity index (χ0v) is 14.2. The minimum absolute atomic E-state index is 0.105. The number of halogens is 1. The molecule has 0 fully saturated rings. The topological polar surface area (TPSA) is 88.2 Å². The summed E-state index contributed by atoms with van der Waals surface area (Å²) in [5.74, 6) is -0.395. The van der Waals surface area contributed by atoms with Crippen LogP contribution in [0.15, 0.2) is 59.1 Å². The van der Waals surface area contributed by atoms with E-state index in [9.17, 15) is 14.3 Å². The highest BCUT2D eigenvalue weighted by Crippen LogP contribution is 2.31. The maximum absolute atomic E-state index is 13.0. The fourth-order valence-electron chi connectivity index (χ4n) is 3.01. The van der Waals surface area contributed by atoms with Crippen molar-refractivity contribution in [1.82, 2.24) is 15.5 Å². The van der Waals surface area contributed by atoms with E-state index in [1.807, 2.05) is 30.3 Å². The number of rotatable bonds is 5. The molecule has 1 atom stereocenters. The number of fused-ring (bicyclic) bond motifs is 1. The Morgan fingerprint density at radius 2 is 2.00 bits per heavy atom. The number of hydrogen-bond donors (Lipinski definition) is 2. The van der Waals surface area contributed by atoms with Gasteiger partial charge < -0.3 is 14.9 Å². The maximum Gasteiger partial charge on any atom is 0.251 e. The molecule has 0 unspecified atom stereocenters. The molecule has 136 valence electrons. The SMILES string of the molecule is O=C(N[C@@H](CO)c1nc(C2=CCc3ccccc32)no1)c1ccc(F)cc1. The summed E-state index contributed by atoms with van der Waals surface area (Å²) in [6.45, 7) is -0.412. The Kier molecular flexibility index (Phi) is 4.52. The van der Waals surface area contributed by atoms with Crippen LogP contribution in [0.4, 0.5) is 4.39 Å². The van der Waals surface area contributed by atoms with E-state index in [2.05, 4.69) is 15.5 Å². The van der Waals surface area contributed by atoms with E-state index in [4.69, 9.17) is 4.52 Å². The number of allylic oxidation sites excluding steroid dienone is 1. The average Bonchev–Trinajstić information content (AvgIpc) is 3.33. The van der Waals surface area contributed by atoms with Gasteiger partial charge >= 0.3 is 0 Å². The summed E-state index contributed by atoms with van der Waals surface area (Å²) in [4.78, 5) is 16.6. The number of nitrogens with zero attached hydrogens (tertiary/aromatic N) is 2. The Bertz CT molecular complexity index is 1010. The van der Waals surface area contributed by atoms with Gasteiger partial charge in [-0.25, -0.2) is 4.39 Å². The van der Waals surface area contributed by atoms with Crippen molar-refractivity contribution in [1.29, 1.82) is 0 Å². The van der Waals surface area contributed by atoms with Gasteiger partial charge in [0, 0.05) is 11.1 Å². The lowest BCUT2D eigenvalue weighted by Crippen LogP contribution is -2.31. The average molecular weight is 365 g/mol. The molecule has 0 spiro atoms. The molecular weight excluding hydrogens is 349 g/mol. The second-order valence-corrected chi connectivity index (χ2v) is 6.15. The first-order valence-electron chi connectivity index (χ1n) is 8.45. The quantitative estimate of drug-likeness (QED) is 0.726. The van der Waals surface area contributed by atoms with Crippen LogP contribution in [0.25, 0.3) is 5.57 Å². The number of aliphatic hydroxyl groups excluding tert-OH is 1. The van der Waals surface area contributed by atoms with Gasteiger partial charge in [0.1, 0.15) is 11.9 Å². The summed E-state index contributed by atoms with van der Waals surface area (Å²) in [7, 11) is 0. The van der Waals surface area contributed by atoms with Gasteiger partial charge in [-0.05, 0) is 41.8 Å². The fraction of sp³-hybridized carbons (Fsp3) is 0.150. The van der Waals surface area contributed by atoms with Gasteiger partial charge in [0.25, 0.3) is 11.8 Å². The third-order valence-corrected chi connectivity index (χ3v) is 4.41. The minimum atomic E-state index is -0.860. The highest BCUT2D eigenvalue weighted by atomic mass is 19.1. The number of nitrogens with one attached hydrogen (secondary N) is 1. The van der Waals surface area contributed by atoms with E-state index in [1.54, 1.807) is 0 Å². The van der Waals surface area contributed by atoms with Crippen LogP contribution in [0.1, 0.15) is 39.2 Å². The highest BCUT2D eigenvalue weighted by Gasteiger charge is 2.24. The number of aliphatic hydroxyl groups is 1. The first-order valence-corrected chi connectivity index (χ1v) is 8.45. The molecule has 0 saturated heterocycles. The van der Waals surface area contributed by atoms with Gasteiger partial charge in [-0.15, -0.1) is 0 Å². The van der Waals surface area contributed by atoms with Crippen molar-refractivity contribution < 1.29 is 18.8 Å². The molecular formula is C20H16FN3O3. The Morgan fingerprint density at radius 3 is 2.78 bits per heavy atom. The van der Waals surface area contributed by atoms with Gasteiger partial charge in [0.15, 0.2) is 0 Å². The molecule has 3 aromatic rings. The summed E-state index contributed by atoms with van der Waals surface area (Å²) >= 11 is 0. The van der Waals surface area contributed by atoms with Crippen molar-refractivity contribution in [2.75, 3.05) is 6.61 Å². The third kappa shape index (κ3) is 3.37. The zero-order chi connectivity index (χ0) is 18.8. The van der Waals surface area contributed by atoms with Gasteiger partial charge in [-0.3, -0.25) is 4.79 Å². The lowest BCUT2D eigenvalue weighted by molar-refractivity contribution is 0.0901. The van der Waals surface area contributed by atoms with Crippen LogP contribution in [-0.4, -0.2) is 27.8 Å². The first-order chi connectivity index (χ1) is 13.2. The van der Waals surface area contributed by atoms with Gasteiger partial charge in [0.2, 0.25) is 5.82 Å². The summed E-state index contributed by atoms with van der Waals surface area (Å²) < 4.78 is 18.3. The summed E-state index contributed by atoms with van der Waals surface area (Å²) in [6, 6.07) is 12.2. The lowest BCUT2D eigenvalue weighted by Gasteiger charge is -2.12. The molecule has 1 heterocycles. The van der Waals surface area contributed by atoms with E-state index in [1.165, 1.54) is 29.8 Å². The zero-order valence-electron chi connectivity index (χ0n) is 14.2. The van der Waals surface area contributed by atoms with Crippen LogP contribution in [0.2, 0.25) is 0 Å². The predicted octanol–water partition coefficient (Wildman–Crippen LogP) is 2.66. The van der Waals surface area contributed by atoms with Crippen molar-refractivity contribution in [3.05, 3.63) is 88.8 Å². The Labute approximate surface area is 154 Å². The van der Waals surface area contributed by atoms with Gasteiger partial charge in [-0.2, -0.15) is 4.98 Å². The molecule has 0 aliphatic heterocycles. The highest BCUT2D eigenvalue weighted by molar-refractivity contribution is 5.94. The second-order valence-electron chi connectivity index (χ2n) is 6.15. The molecule has 1 aliphatic carbocycles. The van der Waals surface area contributed by atoms with Crippen molar-refractivity contribution in [2.24, 2.45) is 0 Å². The maximum atomic E-state index is 13.0. The smallest absolute Gasteiger partial charge is 0.251 e. The molecule has 2 N–H and O–H groups in total. The predicted molar refractivity (Wildman–Crippen MR) is 95.2 cm³/mol. The standard InChI is InChI=1S/C20H16FN3O3/c21-14-8-5-13(6-9-14)19(26)22-17(11-25)20-23-18(24-27-20)16-10-7-12-3-1-2-4-15(12)16/h1-6,8-10,17,25H,7,11H2,(H,22,26)/t17-/m0/s1. The Balaban J connectivity index is 1.53. The molecule has 0 saturated carbocycles. The number of benzene rings is 2. The molecule has 2 aromatic carbocycles. The number of carbonyl (C=O) groups excluding carboxylic acids is 1. The van der Waals surface area contributed by atoms with E-state index < -0.39 is 24.4 Å². The number of carbonyl (C=O) groups is 1. The number of hydrogen-bond acceptors (Lipinski definition) is 5. The van der Waals surface area contributed by atoms with Crippen molar-refractivity contribution in [2.45, 2.75) is 12.5 Å². The normalized spacial score (nSPS) is 13.8. The Morgan fingerprint density at radius 1 is 1.22 bits per heavy atom. The molecule has 27 heavy (non-hydrogen) atoms. The lowest BCUT2D eigenvalue weighted by atomic mass is 10.1. The summed E-state index contributed by atoms with van der Waals surface area (Å²) in [5.41, 5.74) is 3.35. The Hall–Kier alpha value is -3.32. The molecule has 6 nitrogen and oxygen atoms in total. The van der Waals surface area contributed by atoms with Gasteiger partial charge in [0.05, 0.1) is 6.61 Å². The van der Waals surface area contributed by atoms with E-state index in [0.717, 1.165) is 17.6 Å². The van der Waals surface area contributed by atoms with Crippen LogP contribution in [0.5, 0.6) is 0 Å². The van der Waals surface area contributed by atoms with Gasteiger partial charge in [-0.1, -0.05) is 35.5 Å². The molecule has 1 amide bonds. The summed E-state index contributed by atoms with van der Waals surface area (Å²) in [5, 5.41) is 16.2. The van der Waals surface area contributed by atoms with E-state index >= 15 is 0 Å². The number of amides is 1. The largest absolute Gasteiger partial charge is 0.394 e.